The van der Waals surface area contributed by atoms with Crippen LogP contribution in [0.5, 0.6) is 0 Å². The van der Waals surface area contributed by atoms with Gasteiger partial charge in [-0.1, -0.05) is 11.6 Å². The van der Waals surface area contributed by atoms with E-state index in [4.69, 9.17) is 11.6 Å². The molecule has 0 spiro atoms. The second-order valence-corrected chi connectivity index (χ2v) is 5.08. The summed E-state index contributed by atoms with van der Waals surface area (Å²) in [5.74, 6) is 0.627. The van der Waals surface area contributed by atoms with Gasteiger partial charge in [0.1, 0.15) is 0 Å². The van der Waals surface area contributed by atoms with E-state index in [1.807, 2.05) is 13.8 Å². The van der Waals surface area contributed by atoms with Crippen molar-refractivity contribution in [2.45, 2.75) is 26.3 Å². The van der Waals surface area contributed by atoms with Crippen LogP contribution in [0.25, 0.3) is 0 Å². The van der Waals surface area contributed by atoms with Crippen LogP contribution in [0, 0.1) is 0 Å². The van der Waals surface area contributed by atoms with Crippen molar-refractivity contribution in [3.63, 3.8) is 0 Å². The lowest BCUT2D eigenvalue weighted by Gasteiger charge is -2.08. The van der Waals surface area contributed by atoms with E-state index in [0.29, 0.717) is 23.6 Å². The summed E-state index contributed by atoms with van der Waals surface area (Å²) >= 11 is 5.78. The average Bonchev–Trinajstić information content (AvgIpc) is 2.88. The summed E-state index contributed by atoms with van der Waals surface area (Å²) in [5, 5.41) is 14.9. The van der Waals surface area contributed by atoms with Crippen molar-refractivity contribution >= 4 is 17.5 Å². The molecule has 0 radical (unpaired) electrons. The molecule has 0 atom stereocenters. The summed E-state index contributed by atoms with van der Waals surface area (Å²) in [7, 11) is 0. The first kappa shape index (κ1) is 14.5. The van der Waals surface area contributed by atoms with Gasteiger partial charge in [0.15, 0.2) is 5.82 Å². The molecule has 0 saturated carbocycles. The molecule has 0 unspecified atom stereocenters. The number of amides is 1. The number of nitrogens with one attached hydrogen (secondary N) is 1. The van der Waals surface area contributed by atoms with Crippen LogP contribution in [0.1, 0.15) is 36.1 Å². The molecule has 106 valence electrons. The molecule has 2 aromatic rings. The summed E-state index contributed by atoms with van der Waals surface area (Å²) in [6, 6.07) is 6.96. The molecule has 7 heteroatoms. The Balaban J connectivity index is 1.88. The molecule has 1 aromatic carbocycles. The van der Waals surface area contributed by atoms with E-state index >= 15 is 0 Å². The van der Waals surface area contributed by atoms with E-state index in [1.165, 1.54) is 0 Å². The lowest BCUT2D eigenvalue weighted by molar-refractivity contribution is 0.0954. The van der Waals surface area contributed by atoms with Gasteiger partial charge >= 0.3 is 0 Å². The van der Waals surface area contributed by atoms with Crippen LogP contribution in [0.2, 0.25) is 5.02 Å². The summed E-state index contributed by atoms with van der Waals surface area (Å²) in [5.41, 5.74) is 0.581. The van der Waals surface area contributed by atoms with Crippen LogP contribution >= 0.6 is 11.6 Å². The van der Waals surface area contributed by atoms with Crippen molar-refractivity contribution in [2.24, 2.45) is 0 Å². The quantitative estimate of drug-likeness (QED) is 0.913. The maximum absolute atomic E-state index is 11.9. The van der Waals surface area contributed by atoms with Crippen molar-refractivity contribution in [3.8, 4) is 0 Å². The van der Waals surface area contributed by atoms with Crippen LogP contribution in [-0.2, 0) is 6.42 Å². The van der Waals surface area contributed by atoms with Crippen LogP contribution in [0.3, 0.4) is 0 Å². The van der Waals surface area contributed by atoms with Gasteiger partial charge in [-0.05, 0) is 48.5 Å². The van der Waals surface area contributed by atoms with Crippen molar-refractivity contribution < 1.29 is 4.79 Å². The highest BCUT2D eigenvalue weighted by Gasteiger charge is 2.10. The SMILES string of the molecule is CC(C)n1nnnc1CCNC(=O)c1ccc(Cl)cc1. The number of aromatic nitrogens is 4. The van der Waals surface area contributed by atoms with Gasteiger partial charge in [0, 0.05) is 23.6 Å². The van der Waals surface area contributed by atoms with Gasteiger partial charge in [0.05, 0.1) is 6.04 Å². The smallest absolute Gasteiger partial charge is 0.251 e. The summed E-state index contributed by atoms with van der Waals surface area (Å²) in [6.07, 6.45) is 0.588. The maximum atomic E-state index is 11.9. The highest BCUT2D eigenvalue weighted by atomic mass is 35.5. The predicted octanol–water partition coefficient (Wildman–Crippen LogP) is 1.88. The molecule has 0 aliphatic heterocycles. The van der Waals surface area contributed by atoms with E-state index in [1.54, 1.807) is 28.9 Å². The van der Waals surface area contributed by atoms with Crippen molar-refractivity contribution in [3.05, 3.63) is 40.7 Å². The Kier molecular flexibility index (Phi) is 4.68. The molecule has 1 N–H and O–H groups in total. The first-order chi connectivity index (χ1) is 9.58. The Labute approximate surface area is 122 Å². The molecule has 0 aliphatic carbocycles. The van der Waals surface area contributed by atoms with Crippen LogP contribution in [0.4, 0.5) is 0 Å². The third-order valence-electron chi connectivity index (χ3n) is 2.79. The topological polar surface area (TPSA) is 72.7 Å². The zero-order chi connectivity index (χ0) is 14.5. The Bertz CT molecular complexity index is 579. The van der Waals surface area contributed by atoms with Crippen LogP contribution < -0.4 is 5.32 Å². The molecule has 0 fully saturated rings. The minimum absolute atomic E-state index is 0.134. The Morgan fingerprint density at radius 1 is 1.35 bits per heavy atom. The van der Waals surface area contributed by atoms with Gasteiger partial charge < -0.3 is 5.32 Å². The fraction of sp³-hybridized carbons (Fsp3) is 0.385. The predicted molar refractivity (Wildman–Crippen MR) is 75.7 cm³/mol. The lowest BCUT2D eigenvalue weighted by atomic mass is 10.2. The molecule has 6 nitrogen and oxygen atoms in total. The summed E-state index contributed by atoms with van der Waals surface area (Å²) in [4.78, 5) is 11.9. The van der Waals surface area contributed by atoms with Gasteiger partial charge in [-0.3, -0.25) is 4.79 Å². The molecule has 0 bridgehead atoms. The van der Waals surface area contributed by atoms with Crippen molar-refractivity contribution in [1.82, 2.24) is 25.5 Å². The third-order valence-corrected chi connectivity index (χ3v) is 3.04. The first-order valence-corrected chi connectivity index (χ1v) is 6.76. The molecule has 1 aromatic heterocycles. The molecule has 2 rings (SSSR count). The second kappa shape index (κ2) is 6.47. The second-order valence-electron chi connectivity index (χ2n) is 4.65. The Morgan fingerprint density at radius 3 is 2.70 bits per heavy atom. The molecule has 1 amide bonds. The summed E-state index contributed by atoms with van der Waals surface area (Å²) in [6.45, 7) is 4.49. The average molecular weight is 294 g/mol. The van der Waals surface area contributed by atoms with Gasteiger partial charge in [-0.15, -0.1) is 5.10 Å². The van der Waals surface area contributed by atoms with E-state index < -0.39 is 0 Å². The summed E-state index contributed by atoms with van der Waals surface area (Å²) < 4.78 is 1.74. The van der Waals surface area contributed by atoms with Gasteiger partial charge in [0.2, 0.25) is 0 Å². The van der Waals surface area contributed by atoms with Gasteiger partial charge in [-0.2, -0.15) is 0 Å². The first-order valence-electron chi connectivity index (χ1n) is 6.38. The van der Waals surface area contributed by atoms with Crippen molar-refractivity contribution in [2.75, 3.05) is 6.54 Å². The Hall–Kier alpha value is -1.95. The number of halogens is 1. The molecular weight excluding hydrogens is 278 g/mol. The van der Waals surface area contributed by atoms with Gasteiger partial charge in [0.25, 0.3) is 5.91 Å². The molecule has 1 heterocycles. The standard InChI is InChI=1S/C13H16ClN5O/c1-9(2)19-12(16-17-18-19)7-8-15-13(20)10-3-5-11(14)6-4-10/h3-6,9H,7-8H2,1-2H3,(H,15,20). The van der Waals surface area contributed by atoms with E-state index in [-0.39, 0.29) is 11.9 Å². The fourth-order valence-electron chi connectivity index (χ4n) is 1.77. The normalized spacial score (nSPS) is 10.8. The molecular formula is C13H16ClN5O. The zero-order valence-electron chi connectivity index (χ0n) is 11.4. The minimum atomic E-state index is -0.134. The molecule has 0 aliphatic rings. The number of carbonyl (C=O) groups is 1. The maximum Gasteiger partial charge on any atom is 0.251 e. The van der Waals surface area contributed by atoms with Crippen LogP contribution in [-0.4, -0.2) is 32.7 Å². The Morgan fingerprint density at radius 2 is 2.05 bits per heavy atom. The van der Waals surface area contributed by atoms with Gasteiger partial charge in [-0.25, -0.2) is 4.68 Å². The van der Waals surface area contributed by atoms with Crippen molar-refractivity contribution in [1.29, 1.82) is 0 Å². The number of hydrogen-bond donors (Lipinski definition) is 1. The molecule has 0 saturated heterocycles. The zero-order valence-corrected chi connectivity index (χ0v) is 12.1. The molecule has 20 heavy (non-hydrogen) atoms. The number of rotatable bonds is 5. The highest BCUT2D eigenvalue weighted by Crippen LogP contribution is 2.09. The number of nitrogens with zero attached hydrogens (tertiary/aromatic N) is 4. The monoisotopic (exact) mass is 293 g/mol. The van der Waals surface area contributed by atoms with E-state index in [2.05, 4.69) is 20.8 Å². The largest absolute Gasteiger partial charge is 0.352 e. The lowest BCUT2D eigenvalue weighted by Crippen LogP contribution is -2.26. The van der Waals surface area contributed by atoms with Crippen LogP contribution in [0.15, 0.2) is 24.3 Å². The van der Waals surface area contributed by atoms with E-state index in [0.717, 1.165) is 5.82 Å². The number of tetrazole rings is 1. The van der Waals surface area contributed by atoms with E-state index in [9.17, 15) is 4.79 Å². The number of benzene rings is 1. The number of hydrogen-bond acceptors (Lipinski definition) is 4. The fourth-order valence-corrected chi connectivity index (χ4v) is 1.90. The minimum Gasteiger partial charge on any atom is -0.352 e. The number of carbonyl (C=O) groups excluding carboxylic acids is 1. The third kappa shape index (κ3) is 3.54. The highest BCUT2D eigenvalue weighted by molar-refractivity contribution is 6.30.